The largest absolute Gasteiger partial charge is 0.368 e. The quantitative estimate of drug-likeness (QED) is 0.250. The molecule has 2 fully saturated rings. The van der Waals surface area contributed by atoms with Gasteiger partial charge in [-0.1, -0.05) is 53.5 Å². The van der Waals surface area contributed by atoms with Crippen LogP contribution >= 0.6 is 15.9 Å². The second kappa shape index (κ2) is 12.1. The Kier molecular flexibility index (Phi) is 8.21. The third-order valence-corrected chi connectivity index (χ3v) is 8.98. The van der Waals surface area contributed by atoms with Crippen LogP contribution in [-0.2, 0) is 17.8 Å². The highest BCUT2D eigenvalue weighted by molar-refractivity contribution is 9.10. The molecule has 2 aliphatic rings. The number of fused-ring (bicyclic) bond motifs is 1. The highest BCUT2D eigenvalue weighted by Crippen LogP contribution is 2.27. The van der Waals surface area contributed by atoms with Gasteiger partial charge in [0.2, 0.25) is 5.91 Å². The van der Waals surface area contributed by atoms with Crippen molar-refractivity contribution in [2.75, 3.05) is 44.2 Å². The van der Waals surface area contributed by atoms with Gasteiger partial charge >= 0.3 is 0 Å². The summed E-state index contributed by atoms with van der Waals surface area (Å²) in [5.41, 5.74) is 5.93. The second-order valence-corrected chi connectivity index (χ2v) is 12.0. The van der Waals surface area contributed by atoms with Crippen molar-refractivity contribution in [3.05, 3.63) is 88.7 Å². The number of piperazine rings is 1. The molecule has 1 aromatic heterocycles. The number of anilines is 1. The third kappa shape index (κ3) is 5.81. The van der Waals surface area contributed by atoms with E-state index < -0.39 is 0 Å². The van der Waals surface area contributed by atoms with E-state index in [1.165, 1.54) is 17.7 Å². The molecule has 3 aromatic carbocycles. The summed E-state index contributed by atoms with van der Waals surface area (Å²) in [6, 6.07) is 25.7. The number of nitrogens with zero attached hydrogens (tertiary/aromatic N) is 5. The smallest absolute Gasteiger partial charge is 0.225 e. The molecule has 7 heteroatoms. The van der Waals surface area contributed by atoms with E-state index in [1.54, 1.807) is 0 Å². The minimum Gasteiger partial charge on any atom is -0.368 e. The van der Waals surface area contributed by atoms with E-state index in [-0.39, 0.29) is 5.92 Å². The summed E-state index contributed by atoms with van der Waals surface area (Å²) in [7, 11) is 0. The van der Waals surface area contributed by atoms with Crippen molar-refractivity contribution in [3.8, 4) is 5.69 Å². The monoisotopic (exact) mass is 599 g/mol. The predicted octanol–water partition coefficient (Wildman–Crippen LogP) is 6.30. The molecule has 208 valence electrons. The molecule has 40 heavy (non-hydrogen) atoms. The van der Waals surface area contributed by atoms with Gasteiger partial charge in [0.05, 0.1) is 17.6 Å². The molecule has 6 rings (SSSR count). The van der Waals surface area contributed by atoms with E-state index in [0.29, 0.717) is 5.91 Å². The molecule has 3 heterocycles. The number of carbonyl (C=O) groups is 1. The summed E-state index contributed by atoms with van der Waals surface area (Å²) in [5.74, 6) is 1.52. The summed E-state index contributed by atoms with van der Waals surface area (Å²) in [6.07, 6.45) is 4.13. The summed E-state index contributed by atoms with van der Waals surface area (Å²) >= 11 is 3.56. The van der Waals surface area contributed by atoms with E-state index in [2.05, 4.69) is 109 Å². The number of aromatic nitrogens is 2. The van der Waals surface area contributed by atoms with Gasteiger partial charge in [-0.2, -0.15) is 0 Å². The molecule has 2 saturated heterocycles. The van der Waals surface area contributed by atoms with Gasteiger partial charge in [0.1, 0.15) is 5.82 Å². The molecule has 0 unspecified atom stereocenters. The number of benzene rings is 3. The normalized spacial score (nSPS) is 17.1. The summed E-state index contributed by atoms with van der Waals surface area (Å²) in [4.78, 5) is 25.4. The van der Waals surface area contributed by atoms with Crippen LogP contribution in [0, 0.1) is 5.92 Å². The maximum atomic E-state index is 13.4. The first-order valence-corrected chi connectivity index (χ1v) is 15.5. The van der Waals surface area contributed by atoms with Crippen molar-refractivity contribution in [3.63, 3.8) is 0 Å². The Morgan fingerprint density at radius 3 is 2.23 bits per heavy atom. The van der Waals surface area contributed by atoms with Crippen molar-refractivity contribution >= 4 is 38.6 Å². The fourth-order valence-electron chi connectivity index (χ4n) is 6.20. The summed E-state index contributed by atoms with van der Waals surface area (Å²) < 4.78 is 3.34. The van der Waals surface area contributed by atoms with Crippen LogP contribution in [0.3, 0.4) is 0 Å². The molecule has 0 N–H and O–H groups in total. The number of hydrogen-bond donors (Lipinski definition) is 0. The van der Waals surface area contributed by atoms with Crippen LogP contribution in [0.4, 0.5) is 5.69 Å². The minimum absolute atomic E-state index is 0.126. The lowest BCUT2D eigenvalue weighted by atomic mass is 9.95. The molecule has 0 saturated carbocycles. The fraction of sp³-hybridized carbons (Fsp3) is 0.394. The van der Waals surface area contributed by atoms with E-state index in [4.69, 9.17) is 4.98 Å². The number of halogens is 1. The number of hydrogen-bond acceptors (Lipinski definition) is 4. The van der Waals surface area contributed by atoms with Crippen molar-refractivity contribution in [1.29, 1.82) is 0 Å². The second-order valence-electron chi connectivity index (χ2n) is 11.1. The molecule has 0 spiro atoms. The third-order valence-electron chi connectivity index (χ3n) is 8.45. The maximum Gasteiger partial charge on any atom is 0.225 e. The van der Waals surface area contributed by atoms with Crippen molar-refractivity contribution < 1.29 is 4.79 Å². The van der Waals surface area contributed by atoms with Gasteiger partial charge in [0.25, 0.3) is 0 Å². The Balaban J connectivity index is 1.05. The minimum atomic E-state index is 0.126. The molecule has 6 nitrogen and oxygen atoms in total. The van der Waals surface area contributed by atoms with Gasteiger partial charge in [0.15, 0.2) is 0 Å². The zero-order valence-corrected chi connectivity index (χ0v) is 24.9. The molecule has 4 aromatic rings. The van der Waals surface area contributed by atoms with Gasteiger partial charge < -0.3 is 9.80 Å². The number of amides is 1. The number of likely N-dealkylation sites (tertiary alicyclic amines) is 1. The Morgan fingerprint density at radius 2 is 1.52 bits per heavy atom. The Hall–Kier alpha value is -3.16. The predicted molar refractivity (Wildman–Crippen MR) is 166 cm³/mol. The molecule has 1 amide bonds. The average Bonchev–Trinajstić information content (AvgIpc) is 3.36. The summed E-state index contributed by atoms with van der Waals surface area (Å²) in [6.45, 7) is 8.28. The molecule has 0 radical (unpaired) electrons. The van der Waals surface area contributed by atoms with Crippen LogP contribution in [0.5, 0.6) is 0 Å². The Morgan fingerprint density at radius 1 is 0.850 bits per heavy atom. The van der Waals surface area contributed by atoms with Gasteiger partial charge in [-0.3, -0.25) is 14.3 Å². The number of rotatable bonds is 7. The number of piperidine rings is 1. The van der Waals surface area contributed by atoms with Gasteiger partial charge in [0, 0.05) is 47.9 Å². The van der Waals surface area contributed by atoms with Crippen LogP contribution in [0.2, 0.25) is 0 Å². The van der Waals surface area contributed by atoms with Crippen LogP contribution in [-0.4, -0.2) is 64.5 Å². The lowest BCUT2D eigenvalue weighted by Crippen LogP contribution is -2.51. The van der Waals surface area contributed by atoms with Crippen LogP contribution in [0.1, 0.15) is 37.6 Å². The molecule has 2 aliphatic heterocycles. The first-order valence-electron chi connectivity index (χ1n) is 14.7. The number of para-hydroxylation sites is 2. The van der Waals surface area contributed by atoms with Gasteiger partial charge in [-0.25, -0.2) is 4.98 Å². The zero-order chi connectivity index (χ0) is 27.5. The number of imidazole rings is 1. The lowest BCUT2D eigenvalue weighted by molar-refractivity contribution is -0.137. The SMILES string of the molecule is CCCc1ccc(N2CCN(C(=O)C3CCN(Cc4nc5ccccc5n4-c4ccc(Br)cc4)CC3)CC2)cc1. The van der Waals surface area contributed by atoms with Gasteiger partial charge in [-0.15, -0.1) is 0 Å². The molecule has 0 aliphatic carbocycles. The Labute approximate surface area is 245 Å². The number of carbonyl (C=O) groups excluding carboxylic acids is 1. The Bertz CT molecular complexity index is 1430. The average molecular weight is 601 g/mol. The van der Waals surface area contributed by atoms with Crippen LogP contribution < -0.4 is 4.90 Å². The van der Waals surface area contributed by atoms with Crippen molar-refractivity contribution in [2.45, 2.75) is 39.2 Å². The molecular formula is C33H38BrN5O. The van der Waals surface area contributed by atoms with E-state index in [0.717, 1.165) is 92.1 Å². The van der Waals surface area contributed by atoms with Gasteiger partial charge in [-0.05, 0) is 86.4 Å². The molecule has 0 atom stereocenters. The van der Waals surface area contributed by atoms with E-state index in [9.17, 15) is 4.79 Å². The fourth-order valence-corrected chi connectivity index (χ4v) is 6.47. The first-order chi connectivity index (χ1) is 19.6. The highest BCUT2D eigenvalue weighted by atomic mass is 79.9. The molecule has 0 bridgehead atoms. The standard InChI is InChI=1S/C33H38BrN5O/c1-2-5-25-8-12-28(13-9-25)37-20-22-38(23-21-37)33(40)26-16-18-36(19-17-26)24-32-35-30-6-3-4-7-31(30)39(32)29-14-10-27(34)11-15-29/h3-4,6-15,26H,2,5,16-24H2,1H3. The number of aryl methyl sites for hydroxylation is 1. The van der Waals surface area contributed by atoms with Crippen LogP contribution in [0.15, 0.2) is 77.3 Å². The first kappa shape index (κ1) is 27.0. The highest BCUT2D eigenvalue weighted by Gasteiger charge is 2.31. The van der Waals surface area contributed by atoms with Crippen molar-refractivity contribution in [2.24, 2.45) is 5.92 Å². The summed E-state index contributed by atoms with van der Waals surface area (Å²) in [5, 5.41) is 0. The topological polar surface area (TPSA) is 44.6 Å². The van der Waals surface area contributed by atoms with Crippen LogP contribution in [0.25, 0.3) is 16.7 Å². The van der Waals surface area contributed by atoms with E-state index >= 15 is 0 Å². The van der Waals surface area contributed by atoms with E-state index in [1.807, 2.05) is 6.07 Å². The molecular weight excluding hydrogens is 562 g/mol. The zero-order valence-electron chi connectivity index (χ0n) is 23.3. The lowest BCUT2D eigenvalue weighted by Gasteiger charge is -2.39. The van der Waals surface area contributed by atoms with Crippen molar-refractivity contribution in [1.82, 2.24) is 19.4 Å². The maximum absolute atomic E-state index is 13.4.